The van der Waals surface area contributed by atoms with Crippen LogP contribution in [0.15, 0.2) is 24.2 Å². The maximum absolute atomic E-state index is 11.5. The van der Waals surface area contributed by atoms with Crippen molar-refractivity contribution >= 4 is 13.8 Å². The molecule has 1 rings (SSSR count). The van der Waals surface area contributed by atoms with E-state index in [0.29, 0.717) is 10.1 Å². The van der Waals surface area contributed by atoms with Gasteiger partial charge in [-0.1, -0.05) is 13.3 Å². The summed E-state index contributed by atoms with van der Waals surface area (Å²) in [4.78, 5) is 13.6. The van der Waals surface area contributed by atoms with Crippen LogP contribution in [0.25, 0.3) is 0 Å². The average molecular weight is 384 g/mol. The number of rotatable bonds is 5. The number of unbranched alkanes of at least 4 members (excludes halogenated alkanes) is 1. The molecule has 0 aromatic carbocycles. The summed E-state index contributed by atoms with van der Waals surface area (Å²) < 4.78 is 64.7. The van der Waals surface area contributed by atoms with Gasteiger partial charge in [0.15, 0.2) is 6.67 Å². The first-order chi connectivity index (χ1) is 10.5. The predicted molar refractivity (Wildman–Crippen MR) is 81.1 cm³/mol. The minimum absolute atomic E-state index is 0.248. The number of halogens is 6. The van der Waals surface area contributed by atoms with Crippen molar-refractivity contribution in [2.45, 2.75) is 26.7 Å². The van der Waals surface area contributed by atoms with E-state index in [2.05, 4.69) is 24.2 Å². The maximum atomic E-state index is 11.5. The Kier molecular flexibility index (Phi) is 6.55. The zero-order valence-electron chi connectivity index (χ0n) is 14.0. The van der Waals surface area contributed by atoms with Crippen molar-refractivity contribution in [1.29, 1.82) is 0 Å². The van der Waals surface area contributed by atoms with Crippen molar-refractivity contribution in [3.05, 3.63) is 24.2 Å². The molecular formula is C13H23F6N2O2P. The fraction of sp³-hybridized carbons (Fsp3) is 0.615. The molecule has 0 saturated carbocycles. The monoisotopic (exact) mass is 384 g/mol. The molecule has 0 aliphatic carbocycles. The summed E-state index contributed by atoms with van der Waals surface area (Å²) in [5.41, 5.74) is 0.670. The second-order valence-corrected chi connectivity index (χ2v) is 7.56. The molecule has 1 heterocycles. The van der Waals surface area contributed by atoms with E-state index in [4.69, 9.17) is 4.74 Å². The Bertz CT molecular complexity index is 506. The van der Waals surface area contributed by atoms with E-state index >= 15 is 0 Å². The van der Waals surface area contributed by atoms with Crippen LogP contribution in [0.4, 0.5) is 25.2 Å². The molecule has 144 valence electrons. The molecule has 1 unspecified atom stereocenters. The zero-order valence-corrected chi connectivity index (χ0v) is 14.9. The van der Waals surface area contributed by atoms with Crippen LogP contribution in [0.5, 0.6) is 0 Å². The predicted octanol–water partition coefficient (Wildman–Crippen LogP) is 5.44. The summed E-state index contributed by atoms with van der Waals surface area (Å²) in [7, 11) is -7.19. The standard InChI is InChI=1S/C13H23N2O2.F6P/c1-5-6-8-15(9-7-14(3)11-15)10-12(2)13(16)17-4;1-7(2,3,4,5)6/h7,9-10H,5-6,8,11H2,1-4H3;/q+1;-1. The van der Waals surface area contributed by atoms with Gasteiger partial charge in [-0.2, -0.15) is 0 Å². The number of quaternary nitrogens is 1. The van der Waals surface area contributed by atoms with Gasteiger partial charge in [-0.05, 0) is 13.3 Å². The summed E-state index contributed by atoms with van der Waals surface area (Å²) in [6, 6.07) is 0. The molecule has 24 heavy (non-hydrogen) atoms. The van der Waals surface area contributed by atoms with Crippen LogP contribution >= 0.6 is 7.81 Å². The molecule has 1 aliphatic rings. The van der Waals surface area contributed by atoms with Crippen molar-refractivity contribution in [1.82, 2.24) is 4.90 Å². The van der Waals surface area contributed by atoms with E-state index in [-0.39, 0.29) is 5.97 Å². The number of ether oxygens (including phenoxy) is 1. The number of hydrogen-bond donors (Lipinski definition) is 0. The Morgan fingerprint density at radius 1 is 1.29 bits per heavy atom. The van der Waals surface area contributed by atoms with Gasteiger partial charge in [-0.15, -0.1) is 0 Å². The Morgan fingerprint density at radius 2 is 1.79 bits per heavy atom. The number of nitrogens with zero attached hydrogens (tertiary/aromatic N) is 2. The third-order valence-corrected chi connectivity index (χ3v) is 2.99. The summed E-state index contributed by atoms with van der Waals surface area (Å²) >= 11 is 0. The van der Waals surface area contributed by atoms with E-state index < -0.39 is 7.81 Å². The van der Waals surface area contributed by atoms with Gasteiger partial charge < -0.3 is 9.64 Å². The van der Waals surface area contributed by atoms with Crippen LogP contribution in [0.1, 0.15) is 26.7 Å². The third kappa shape index (κ3) is 12.2. The second kappa shape index (κ2) is 6.92. The van der Waals surface area contributed by atoms with Crippen molar-refractivity contribution in [2.24, 2.45) is 0 Å². The second-order valence-electron chi connectivity index (χ2n) is 5.64. The molecule has 0 bridgehead atoms. The van der Waals surface area contributed by atoms with E-state index in [1.807, 2.05) is 20.2 Å². The average Bonchev–Trinajstić information content (AvgIpc) is 2.73. The summed E-state index contributed by atoms with van der Waals surface area (Å²) in [5.74, 6) is -0.248. The number of methoxy groups -OCH3 is 1. The molecule has 0 aromatic rings. The molecule has 0 amide bonds. The molecule has 1 aliphatic heterocycles. The topological polar surface area (TPSA) is 29.5 Å². The minimum atomic E-state index is -10.7. The first kappa shape index (κ1) is 22.7. The summed E-state index contributed by atoms with van der Waals surface area (Å²) in [5, 5.41) is 0. The van der Waals surface area contributed by atoms with Gasteiger partial charge in [-0.25, -0.2) is 4.79 Å². The van der Waals surface area contributed by atoms with Gasteiger partial charge in [-0.3, -0.25) is 4.48 Å². The Balaban J connectivity index is 0.000000640. The van der Waals surface area contributed by atoms with E-state index in [1.165, 1.54) is 7.11 Å². The Hall–Kier alpha value is -1.28. The van der Waals surface area contributed by atoms with Crippen molar-refractivity contribution in [2.75, 3.05) is 27.4 Å². The molecule has 0 fully saturated rings. The molecule has 0 saturated heterocycles. The van der Waals surface area contributed by atoms with Crippen molar-refractivity contribution < 1.29 is 39.2 Å². The van der Waals surface area contributed by atoms with Crippen LogP contribution in [0.2, 0.25) is 0 Å². The SMILES string of the molecule is CCCC[N+]1(C=C(C)C(=O)OC)C=CN(C)C1.F[P-](F)(F)(F)(F)F. The molecule has 0 radical (unpaired) electrons. The number of hydrogen-bond acceptors (Lipinski definition) is 3. The zero-order chi connectivity index (χ0) is 19.3. The van der Waals surface area contributed by atoms with Crippen LogP contribution < -0.4 is 0 Å². The number of esters is 1. The Labute approximate surface area is 137 Å². The van der Waals surface area contributed by atoms with Gasteiger partial charge in [0.1, 0.15) is 12.4 Å². The molecule has 0 N–H and O–H groups in total. The van der Waals surface area contributed by atoms with Gasteiger partial charge in [0.2, 0.25) is 0 Å². The van der Waals surface area contributed by atoms with Gasteiger partial charge >= 0.3 is 39.0 Å². The summed E-state index contributed by atoms with van der Waals surface area (Å²) in [6.45, 7) is 5.89. The number of carbonyl (C=O) groups excluding carboxylic acids is 1. The number of carbonyl (C=O) groups is 1. The third-order valence-electron chi connectivity index (χ3n) is 2.99. The van der Waals surface area contributed by atoms with Crippen molar-refractivity contribution in [3.63, 3.8) is 0 Å². The van der Waals surface area contributed by atoms with E-state index in [0.717, 1.165) is 26.1 Å². The Morgan fingerprint density at radius 3 is 2.12 bits per heavy atom. The molecule has 1 atom stereocenters. The summed E-state index contributed by atoms with van der Waals surface area (Å²) in [6.07, 6.45) is 8.51. The van der Waals surface area contributed by atoms with Crippen LogP contribution in [0.3, 0.4) is 0 Å². The van der Waals surface area contributed by atoms with Crippen molar-refractivity contribution in [3.8, 4) is 0 Å². The molecule has 0 spiro atoms. The first-order valence-electron chi connectivity index (χ1n) is 7.08. The fourth-order valence-electron chi connectivity index (χ4n) is 2.10. The van der Waals surface area contributed by atoms with Crippen LogP contribution in [-0.2, 0) is 9.53 Å². The molecule has 11 heteroatoms. The van der Waals surface area contributed by atoms with E-state index in [1.54, 1.807) is 0 Å². The normalized spacial score (nSPS) is 23.9. The van der Waals surface area contributed by atoms with Crippen LogP contribution in [-0.4, -0.2) is 42.7 Å². The fourth-order valence-corrected chi connectivity index (χ4v) is 2.10. The van der Waals surface area contributed by atoms with Gasteiger partial charge in [0, 0.05) is 7.05 Å². The quantitative estimate of drug-likeness (QED) is 0.208. The van der Waals surface area contributed by atoms with Gasteiger partial charge in [0.05, 0.1) is 25.4 Å². The molecule has 0 aromatic heterocycles. The van der Waals surface area contributed by atoms with Crippen LogP contribution in [0, 0.1) is 0 Å². The van der Waals surface area contributed by atoms with E-state index in [9.17, 15) is 30.0 Å². The first-order valence-corrected chi connectivity index (χ1v) is 9.11. The molecule has 4 nitrogen and oxygen atoms in total. The molecular weight excluding hydrogens is 361 g/mol. The van der Waals surface area contributed by atoms with Gasteiger partial charge in [0.25, 0.3) is 0 Å².